The monoisotopic (exact) mass is 265 g/mol. The van der Waals surface area contributed by atoms with Crippen LogP contribution in [0.15, 0.2) is 36.4 Å². The molecule has 2 rings (SSSR count). The molecule has 1 N–H and O–H groups in total. The summed E-state index contributed by atoms with van der Waals surface area (Å²) >= 11 is 0. The fourth-order valence-electron chi connectivity index (χ4n) is 1.60. The quantitative estimate of drug-likeness (QED) is 0.882. The topological polar surface area (TPSA) is 29.1 Å². The van der Waals surface area contributed by atoms with Crippen LogP contribution in [0.4, 0.5) is 18.9 Å². The predicted molar refractivity (Wildman–Crippen MR) is 65.4 cm³/mol. The summed E-state index contributed by atoms with van der Waals surface area (Å²) in [5, 5.41) is 2.21. The number of aryl methyl sites for hydroxylation is 1. The second-order valence-corrected chi connectivity index (χ2v) is 4.04. The Morgan fingerprint density at radius 2 is 1.79 bits per heavy atom. The molecule has 0 aliphatic carbocycles. The minimum absolute atomic E-state index is 0.0753. The van der Waals surface area contributed by atoms with Gasteiger partial charge in [0.05, 0.1) is 11.3 Å². The van der Waals surface area contributed by atoms with E-state index in [4.69, 9.17) is 0 Å². The van der Waals surface area contributed by atoms with Crippen molar-refractivity contribution >= 4 is 11.6 Å². The van der Waals surface area contributed by atoms with Gasteiger partial charge in [0.1, 0.15) is 5.82 Å². The lowest BCUT2D eigenvalue weighted by Crippen LogP contribution is -2.15. The average molecular weight is 265 g/mol. The Morgan fingerprint density at radius 1 is 1.05 bits per heavy atom. The number of halogens is 3. The third-order valence-electron chi connectivity index (χ3n) is 2.57. The lowest BCUT2D eigenvalue weighted by Gasteiger charge is -2.08. The van der Waals surface area contributed by atoms with Crippen molar-refractivity contribution in [2.24, 2.45) is 0 Å². The number of carbonyl (C=O) groups is 1. The number of nitrogens with one attached hydrogen (secondary N) is 1. The molecular weight excluding hydrogens is 255 g/mol. The van der Waals surface area contributed by atoms with E-state index in [1.165, 1.54) is 24.3 Å². The van der Waals surface area contributed by atoms with Gasteiger partial charge in [-0.2, -0.15) is 0 Å². The second kappa shape index (κ2) is 5.14. The fraction of sp³-hybridized carbons (Fsp3) is 0.0714. The number of anilines is 1. The summed E-state index contributed by atoms with van der Waals surface area (Å²) in [6.45, 7) is 1.72. The number of hydrogen-bond acceptors (Lipinski definition) is 1. The molecule has 2 aromatic rings. The van der Waals surface area contributed by atoms with Crippen LogP contribution in [0.1, 0.15) is 15.9 Å². The number of benzene rings is 2. The molecule has 0 aliphatic heterocycles. The van der Waals surface area contributed by atoms with Gasteiger partial charge in [-0.05, 0) is 36.8 Å². The van der Waals surface area contributed by atoms with E-state index in [-0.39, 0.29) is 5.69 Å². The van der Waals surface area contributed by atoms with Crippen molar-refractivity contribution in [2.75, 3.05) is 5.32 Å². The summed E-state index contributed by atoms with van der Waals surface area (Å²) in [5.74, 6) is -3.93. The van der Waals surface area contributed by atoms with Gasteiger partial charge in [-0.25, -0.2) is 13.2 Å². The van der Waals surface area contributed by atoms with Gasteiger partial charge in [-0.3, -0.25) is 4.79 Å². The first-order valence-corrected chi connectivity index (χ1v) is 5.50. The van der Waals surface area contributed by atoms with Crippen LogP contribution >= 0.6 is 0 Å². The maximum atomic E-state index is 13.4. The molecular formula is C14H10F3NO. The molecule has 0 aliphatic rings. The van der Waals surface area contributed by atoms with Gasteiger partial charge in [0.25, 0.3) is 5.91 Å². The first-order chi connectivity index (χ1) is 8.99. The van der Waals surface area contributed by atoms with Gasteiger partial charge < -0.3 is 5.32 Å². The zero-order chi connectivity index (χ0) is 14.0. The number of rotatable bonds is 2. The molecule has 5 heteroatoms. The van der Waals surface area contributed by atoms with Gasteiger partial charge in [0.2, 0.25) is 0 Å². The van der Waals surface area contributed by atoms with Crippen LogP contribution in [0.3, 0.4) is 0 Å². The summed E-state index contributed by atoms with van der Waals surface area (Å²) in [7, 11) is 0. The van der Waals surface area contributed by atoms with Crippen LogP contribution in [0, 0.1) is 24.4 Å². The molecule has 0 saturated carbocycles. The summed E-state index contributed by atoms with van der Waals surface area (Å²) in [4.78, 5) is 11.8. The standard InChI is InChI=1S/C14H10F3NO/c1-8-5-6-10(15)12(7-8)18-14(19)9-3-2-4-11(16)13(9)17/h2-7H,1H3,(H,18,19). The molecule has 0 radical (unpaired) electrons. The molecule has 0 bridgehead atoms. The molecule has 98 valence electrons. The van der Waals surface area contributed by atoms with E-state index >= 15 is 0 Å². The molecule has 0 saturated heterocycles. The average Bonchev–Trinajstić information content (AvgIpc) is 2.37. The highest BCUT2D eigenvalue weighted by molar-refractivity contribution is 6.04. The first-order valence-electron chi connectivity index (χ1n) is 5.50. The van der Waals surface area contributed by atoms with E-state index < -0.39 is 28.9 Å². The van der Waals surface area contributed by atoms with Crippen LogP contribution in [-0.2, 0) is 0 Å². The molecule has 0 spiro atoms. The van der Waals surface area contributed by atoms with Crippen molar-refractivity contribution < 1.29 is 18.0 Å². The van der Waals surface area contributed by atoms with Crippen molar-refractivity contribution in [3.63, 3.8) is 0 Å². The Morgan fingerprint density at radius 3 is 2.53 bits per heavy atom. The third-order valence-corrected chi connectivity index (χ3v) is 2.57. The lowest BCUT2D eigenvalue weighted by atomic mass is 10.1. The summed E-state index contributed by atoms with van der Waals surface area (Å²) in [6, 6.07) is 7.37. The van der Waals surface area contributed by atoms with Gasteiger partial charge >= 0.3 is 0 Å². The van der Waals surface area contributed by atoms with Crippen LogP contribution < -0.4 is 5.32 Å². The Kier molecular flexibility index (Phi) is 3.55. The Hall–Kier alpha value is -2.30. The van der Waals surface area contributed by atoms with E-state index in [0.29, 0.717) is 0 Å². The molecule has 19 heavy (non-hydrogen) atoms. The zero-order valence-electron chi connectivity index (χ0n) is 10.0. The SMILES string of the molecule is Cc1ccc(F)c(NC(=O)c2cccc(F)c2F)c1. The van der Waals surface area contributed by atoms with Crippen LogP contribution in [0.25, 0.3) is 0 Å². The highest BCUT2D eigenvalue weighted by Crippen LogP contribution is 2.18. The first kappa shape index (κ1) is 13.1. The zero-order valence-corrected chi connectivity index (χ0v) is 10.0. The Bertz CT molecular complexity index is 641. The number of carbonyl (C=O) groups excluding carboxylic acids is 1. The van der Waals surface area contributed by atoms with Crippen molar-refractivity contribution in [3.05, 3.63) is 65.0 Å². The van der Waals surface area contributed by atoms with Crippen molar-refractivity contribution in [2.45, 2.75) is 6.92 Å². The molecule has 0 unspecified atom stereocenters. The van der Waals surface area contributed by atoms with Gasteiger partial charge in [-0.1, -0.05) is 12.1 Å². The predicted octanol–water partition coefficient (Wildman–Crippen LogP) is 3.66. The van der Waals surface area contributed by atoms with Crippen molar-refractivity contribution in [1.29, 1.82) is 0 Å². The minimum Gasteiger partial charge on any atom is -0.319 e. The highest BCUT2D eigenvalue weighted by Gasteiger charge is 2.16. The molecule has 0 heterocycles. The number of hydrogen-bond donors (Lipinski definition) is 1. The van der Waals surface area contributed by atoms with Gasteiger partial charge in [0, 0.05) is 0 Å². The molecule has 0 aromatic heterocycles. The minimum atomic E-state index is -1.26. The van der Waals surface area contributed by atoms with Gasteiger partial charge in [-0.15, -0.1) is 0 Å². The molecule has 2 aromatic carbocycles. The van der Waals surface area contributed by atoms with E-state index in [1.807, 2.05) is 0 Å². The van der Waals surface area contributed by atoms with Crippen LogP contribution in [-0.4, -0.2) is 5.91 Å². The fourth-order valence-corrected chi connectivity index (χ4v) is 1.60. The lowest BCUT2D eigenvalue weighted by molar-refractivity contribution is 0.102. The molecule has 1 amide bonds. The highest BCUT2D eigenvalue weighted by atomic mass is 19.2. The Labute approximate surface area is 107 Å². The largest absolute Gasteiger partial charge is 0.319 e. The smallest absolute Gasteiger partial charge is 0.258 e. The molecule has 0 fully saturated rings. The summed E-state index contributed by atoms with van der Waals surface area (Å²) in [6.07, 6.45) is 0. The Balaban J connectivity index is 2.31. The maximum absolute atomic E-state index is 13.4. The summed E-state index contributed by atoms with van der Waals surface area (Å²) in [5.41, 5.74) is 0.186. The van der Waals surface area contributed by atoms with Crippen molar-refractivity contribution in [1.82, 2.24) is 0 Å². The van der Waals surface area contributed by atoms with Crippen molar-refractivity contribution in [3.8, 4) is 0 Å². The second-order valence-electron chi connectivity index (χ2n) is 4.04. The van der Waals surface area contributed by atoms with E-state index in [9.17, 15) is 18.0 Å². The van der Waals surface area contributed by atoms with Gasteiger partial charge in [0.15, 0.2) is 11.6 Å². The number of amides is 1. The third kappa shape index (κ3) is 2.76. The van der Waals surface area contributed by atoms with Crippen LogP contribution in [0.5, 0.6) is 0 Å². The van der Waals surface area contributed by atoms with E-state index in [0.717, 1.165) is 17.7 Å². The van der Waals surface area contributed by atoms with Crippen LogP contribution in [0.2, 0.25) is 0 Å². The molecule has 2 nitrogen and oxygen atoms in total. The van der Waals surface area contributed by atoms with E-state index in [1.54, 1.807) is 6.92 Å². The normalized spacial score (nSPS) is 10.3. The summed E-state index contributed by atoms with van der Waals surface area (Å²) < 4.78 is 39.8. The molecule has 0 atom stereocenters. The maximum Gasteiger partial charge on any atom is 0.258 e. The van der Waals surface area contributed by atoms with E-state index in [2.05, 4.69) is 5.32 Å².